The van der Waals surface area contributed by atoms with Crippen LogP contribution in [0.25, 0.3) is 0 Å². The van der Waals surface area contributed by atoms with Gasteiger partial charge in [-0.1, -0.05) is 13.8 Å². The average molecular weight is 326 g/mol. The Morgan fingerprint density at radius 1 is 1.27 bits per heavy atom. The maximum atomic E-state index is 12.9. The summed E-state index contributed by atoms with van der Waals surface area (Å²) in [4.78, 5) is 0.382. The molecule has 6 heteroatoms. The molecule has 1 saturated heterocycles. The van der Waals surface area contributed by atoms with Crippen LogP contribution < -0.4 is 10.5 Å². The van der Waals surface area contributed by atoms with Crippen molar-refractivity contribution in [1.29, 1.82) is 0 Å². The van der Waals surface area contributed by atoms with Gasteiger partial charge < -0.3 is 10.5 Å². The summed E-state index contributed by atoms with van der Waals surface area (Å²) in [6, 6.07) is 3.69. The quantitative estimate of drug-likeness (QED) is 0.921. The van der Waals surface area contributed by atoms with Crippen LogP contribution in [0, 0.1) is 6.92 Å². The molecule has 1 aliphatic rings. The number of rotatable bonds is 4. The lowest BCUT2D eigenvalue weighted by atomic mass is 10.0. The predicted molar refractivity (Wildman–Crippen MR) is 87.8 cm³/mol. The number of hydrogen-bond donors (Lipinski definition) is 1. The summed E-state index contributed by atoms with van der Waals surface area (Å²) in [7, 11) is -1.86. The highest BCUT2D eigenvalue weighted by molar-refractivity contribution is 7.89. The molecule has 2 rings (SSSR count). The standard InChI is InChI=1S/C16H26N2O3S/c1-11(2)14-10-16(12(3)9-15(14)21-4)22(19,20)18-7-5-13(17)6-8-18/h9-11,13H,5-8,17H2,1-4H3. The van der Waals surface area contributed by atoms with E-state index in [0.29, 0.717) is 30.8 Å². The summed E-state index contributed by atoms with van der Waals surface area (Å²) in [6.45, 7) is 6.86. The molecule has 2 N–H and O–H groups in total. The summed E-state index contributed by atoms with van der Waals surface area (Å²) in [6.07, 6.45) is 1.43. The molecule has 0 bridgehead atoms. The molecule has 0 atom stereocenters. The number of piperidine rings is 1. The molecule has 0 amide bonds. The van der Waals surface area contributed by atoms with Gasteiger partial charge in [-0.05, 0) is 48.9 Å². The van der Waals surface area contributed by atoms with Gasteiger partial charge in [-0.3, -0.25) is 0 Å². The SMILES string of the molecule is COc1cc(C)c(S(=O)(=O)N2CCC(N)CC2)cc1C(C)C. The normalized spacial score (nSPS) is 17.9. The largest absolute Gasteiger partial charge is 0.496 e. The van der Waals surface area contributed by atoms with E-state index in [1.807, 2.05) is 26.8 Å². The van der Waals surface area contributed by atoms with Crippen molar-refractivity contribution in [3.8, 4) is 5.75 Å². The molecular weight excluding hydrogens is 300 g/mol. The van der Waals surface area contributed by atoms with Crippen molar-refractivity contribution in [3.05, 3.63) is 23.3 Å². The second-order valence-corrected chi connectivity index (χ2v) is 8.16. The third kappa shape index (κ3) is 3.29. The first kappa shape index (κ1) is 17.2. The molecule has 1 aromatic carbocycles. The Hall–Kier alpha value is -1.11. The third-order valence-corrected chi connectivity index (χ3v) is 6.31. The van der Waals surface area contributed by atoms with E-state index in [1.54, 1.807) is 17.5 Å². The van der Waals surface area contributed by atoms with Crippen molar-refractivity contribution in [3.63, 3.8) is 0 Å². The molecule has 1 heterocycles. The molecule has 1 aromatic rings. The van der Waals surface area contributed by atoms with Crippen LogP contribution in [0.4, 0.5) is 0 Å². The van der Waals surface area contributed by atoms with Gasteiger partial charge in [0, 0.05) is 19.1 Å². The summed E-state index contributed by atoms with van der Waals surface area (Å²) < 4.78 is 32.8. The van der Waals surface area contributed by atoms with Gasteiger partial charge in [0.15, 0.2) is 0 Å². The molecule has 1 fully saturated rings. The van der Waals surface area contributed by atoms with Crippen LogP contribution in [0.1, 0.15) is 43.7 Å². The Kier molecular flexibility index (Phi) is 5.14. The number of sulfonamides is 1. The smallest absolute Gasteiger partial charge is 0.243 e. The summed E-state index contributed by atoms with van der Waals surface area (Å²) in [5.74, 6) is 0.936. The monoisotopic (exact) mass is 326 g/mol. The Morgan fingerprint density at radius 3 is 2.36 bits per heavy atom. The van der Waals surface area contributed by atoms with Gasteiger partial charge in [-0.2, -0.15) is 4.31 Å². The van der Waals surface area contributed by atoms with Crippen molar-refractivity contribution in [2.75, 3.05) is 20.2 Å². The first-order chi connectivity index (χ1) is 10.3. The van der Waals surface area contributed by atoms with Crippen molar-refractivity contribution in [2.24, 2.45) is 5.73 Å². The van der Waals surface area contributed by atoms with Crippen molar-refractivity contribution >= 4 is 10.0 Å². The van der Waals surface area contributed by atoms with Gasteiger partial charge in [0.05, 0.1) is 12.0 Å². The van der Waals surface area contributed by atoms with Gasteiger partial charge in [-0.25, -0.2) is 8.42 Å². The zero-order valence-corrected chi connectivity index (χ0v) is 14.6. The van der Waals surface area contributed by atoms with E-state index in [1.165, 1.54) is 0 Å². The summed E-state index contributed by atoms with van der Waals surface area (Å²) in [5.41, 5.74) is 7.51. The first-order valence-corrected chi connectivity index (χ1v) is 9.15. The van der Waals surface area contributed by atoms with Gasteiger partial charge in [0.1, 0.15) is 5.75 Å². The second-order valence-electron chi connectivity index (χ2n) is 6.26. The van der Waals surface area contributed by atoms with Gasteiger partial charge in [0.2, 0.25) is 10.0 Å². The minimum Gasteiger partial charge on any atom is -0.496 e. The minimum absolute atomic E-state index is 0.106. The van der Waals surface area contributed by atoms with E-state index in [2.05, 4.69) is 0 Å². The Labute approximate surface area is 133 Å². The molecule has 124 valence electrons. The highest BCUT2D eigenvalue weighted by atomic mass is 32.2. The molecular formula is C16H26N2O3S. The minimum atomic E-state index is -3.47. The molecule has 0 aliphatic carbocycles. The van der Waals surface area contributed by atoms with Crippen LogP contribution in [-0.2, 0) is 10.0 Å². The lowest BCUT2D eigenvalue weighted by Crippen LogP contribution is -2.42. The maximum Gasteiger partial charge on any atom is 0.243 e. The fourth-order valence-corrected chi connectivity index (χ4v) is 4.55. The average Bonchev–Trinajstić information content (AvgIpc) is 2.46. The Balaban J connectivity index is 2.44. The molecule has 1 aliphatic heterocycles. The van der Waals surface area contributed by atoms with E-state index in [9.17, 15) is 8.42 Å². The van der Waals surface area contributed by atoms with Crippen LogP contribution in [0.2, 0.25) is 0 Å². The van der Waals surface area contributed by atoms with Crippen molar-refractivity contribution in [1.82, 2.24) is 4.31 Å². The molecule has 0 aromatic heterocycles. The number of benzene rings is 1. The highest BCUT2D eigenvalue weighted by Crippen LogP contribution is 2.33. The van der Waals surface area contributed by atoms with Crippen molar-refractivity contribution in [2.45, 2.75) is 50.5 Å². The van der Waals surface area contributed by atoms with E-state index >= 15 is 0 Å². The zero-order chi connectivity index (χ0) is 16.5. The summed E-state index contributed by atoms with van der Waals surface area (Å²) >= 11 is 0. The zero-order valence-electron chi connectivity index (χ0n) is 13.8. The number of methoxy groups -OCH3 is 1. The summed E-state index contributed by atoms with van der Waals surface area (Å²) in [5, 5.41) is 0. The highest BCUT2D eigenvalue weighted by Gasteiger charge is 2.30. The van der Waals surface area contributed by atoms with Crippen LogP contribution in [-0.4, -0.2) is 39.0 Å². The third-order valence-electron chi connectivity index (χ3n) is 4.27. The molecule has 0 unspecified atom stereocenters. The topological polar surface area (TPSA) is 72.6 Å². The van der Waals surface area contributed by atoms with Crippen LogP contribution in [0.3, 0.4) is 0 Å². The second kappa shape index (κ2) is 6.56. The lowest BCUT2D eigenvalue weighted by molar-refractivity contribution is 0.320. The van der Waals surface area contributed by atoms with E-state index in [4.69, 9.17) is 10.5 Å². The Morgan fingerprint density at radius 2 is 1.86 bits per heavy atom. The van der Waals surface area contributed by atoms with E-state index in [0.717, 1.165) is 16.9 Å². The molecule has 5 nitrogen and oxygen atoms in total. The van der Waals surface area contributed by atoms with Gasteiger partial charge in [-0.15, -0.1) is 0 Å². The first-order valence-electron chi connectivity index (χ1n) is 7.71. The lowest BCUT2D eigenvalue weighted by Gasteiger charge is -2.30. The van der Waals surface area contributed by atoms with E-state index in [-0.39, 0.29) is 12.0 Å². The maximum absolute atomic E-state index is 12.9. The molecule has 0 spiro atoms. The van der Waals surface area contributed by atoms with Crippen LogP contribution >= 0.6 is 0 Å². The number of nitrogens with zero attached hydrogens (tertiary/aromatic N) is 1. The number of aryl methyl sites for hydroxylation is 1. The van der Waals surface area contributed by atoms with E-state index < -0.39 is 10.0 Å². The molecule has 0 saturated carbocycles. The number of hydrogen-bond acceptors (Lipinski definition) is 4. The fraction of sp³-hybridized carbons (Fsp3) is 0.625. The molecule has 22 heavy (non-hydrogen) atoms. The predicted octanol–water partition coefficient (Wildman–Crippen LogP) is 2.24. The Bertz CT molecular complexity index is 633. The van der Waals surface area contributed by atoms with Gasteiger partial charge >= 0.3 is 0 Å². The van der Waals surface area contributed by atoms with Crippen LogP contribution in [0.15, 0.2) is 17.0 Å². The van der Waals surface area contributed by atoms with Gasteiger partial charge in [0.25, 0.3) is 0 Å². The number of ether oxygens (including phenoxy) is 1. The molecule has 0 radical (unpaired) electrons. The van der Waals surface area contributed by atoms with Crippen molar-refractivity contribution < 1.29 is 13.2 Å². The fourth-order valence-electron chi connectivity index (χ4n) is 2.84. The van der Waals surface area contributed by atoms with Crippen LogP contribution in [0.5, 0.6) is 5.75 Å². The number of nitrogens with two attached hydrogens (primary N) is 1.